The van der Waals surface area contributed by atoms with Gasteiger partial charge in [-0.15, -0.1) is 0 Å². The summed E-state index contributed by atoms with van der Waals surface area (Å²) in [7, 11) is 1.61. The molecule has 24 heavy (non-hydrogen) atoms. The van der Waals surface area contributed by atoms with Crippen LogP contribution in [0.2, 0.25) is 10.0 Å². The molecule has 0 aliphatic carbocycles. The molecule has 0 atom stereocenters. The van der Waals surface area contributed by atoms with Gasteiger partial charge in [-0.25, -0.2) is 4.79 Å². The highest BCUT2D eigenvalue weighted by atomic mass is 35.5. The van der Waals surface area contributed by atoms with Crippen molar-refractivity contribution in [3.63, 3.8) is 0 Å². The number of para-hydroxylation sites is 1. The molecule has 0 radical (unpaired) electrons. The fraction of sp³-hybridized carbons (Fsp3) is 0.176. The minimum atomic E-state index is -0.671. The summed E-state index contributed by atoms with van der Waals surface area (Å²) in [5.41, 5.74) is 0.711. The lowest BCUT2D eigenvalue weighted by Gasteiger charge is -2.17. The van der Waals surface area contributed by atoms with Gasteiger partial charge >= 0.3 is 5.97 Å². The molecule has 2 aromatic rings. The summed E-state index contributed by atoms with van der Waals surface area (Å²) in [6, 6.07) is 13.7. The van der Waals surface area contributed by atoms with Crippen molar-refractivity contribution in [3.05, 3.63) is 58.6 Å². The second-order valence-electron chi connectivity index (χ2n) is 4.81. The Morgan fingerprint density at radius 3 is 2.42 bits per heavy atom. The Kier molecular flexibility index (Phi) is 6.46. The van der Waals surface area contributed by atoms with Crippen LogP contribution in [-0.4, -0.2) is 32.1 Å². The zero-order valence-corrected chi connectivity index (χ0v) is 14.4. The molecule has 2 aromatic carbocycles. The highest BCUT2D eigenvalue weighted by molar-refractivity contribution is 6.35. The summed E-state index contributed by atoms with van der Waals surface area (Å²) in [6.07, 6.45) is 0. The largest absolute Gasteiger partial charge is 0.480 e. The quantitative estimate of drug-likeness (QED) is 0.732. The van der Waals surface area contributed by atoms with E-state index in [0.29, 0.717) is 16.5 Å². The molecule has 0 aliphatic heterocycles. The molecule has 5 nitrogen and oxygen atoms in total. The van der Waals surface area contributed by atoms with E-state index in [1.54, 1.807) is 31.3 Å². The number of nitrogens with zero attached hydrogens (tertiary/aromatic N) is 1. The third-order valence-corrected chi connectivity index (χ3v) is 3.64. The first kappa shape index (κ1) is 18.1. The summed E-state index contributed by atoms with van der Waals surface area (Å²) in [5.74, 6) is -0.708. The molecule has 0 unspecified atom stereocenters. The lowest BCUT2D eigenvalue weighted by molar-refractivity contribution is -0.149. The zero-order valence-electron chi connectivity index (χ0n) is 12.9. The van der Waals surface area contributed by atoms with Crippen LogP contribution in [0.25, 0.3) is 0 Å². The normalized spacial score (nSPS) is 10.1. The van der Waals surface area contributed by atoms with E-state index in [4.69, 9.17) is 32.7 Å². The number of carbonyl (C=O) groups is 2. The first-order chi connectivity index (χ1) is 11.5. The number of rotatable bonds is 6. The van der Waals surface area contributed by atoms with Crippen LogP contribution in [0.4, 0.5) is 5.69 Å². The van der Waals surface area contributed by atoms with Crippen LogP contribution in [0.3, 0.4) is 0 Å². The molecule has 0 aliphatic rings. The van der Waals surface area contributed by atoms with E-state index >= 15 is 0 Å². The Morgan fingerprint density at radius 2 is 1.75 bits per heavy atom. The molecular weight excluding hydrogens is 353 g/mol. The number of hydrogen-bond acceptors (Lipinski definition) is 4. The van der Waals surface area contributed by atoms with E-state index in [0.717, 1.165) is 0 Å². The average molecular weight is 368 g/mol. The molecule has 0 saturated heterocycles. The van der Waals surface area contributed by atoms with Gasteiger partial charge < -0.3 is 14.4 Å². The van der Waals surface area contributed by atoms with Gasteiger partial charge in [-0.05, 0) is 30.3 Å². The Labute approximate surface area is 149 Å². The molecule has 0 aromatic heterocycles. The Hall–Kier alpha value is -2.24. The van der Waals surface area contributed by atoms with E-state index in [2.05, 4.69) is 0 Å². The van der Waals surface area contributed by atoms with Crippen LogP contribution >= 0.6 is 23.2 Å². The van der Waals surface area contributed by atoms with Gasteiger partial charge in [0.1, 0.15) is 5.75 Å². The van der Waals surface area contributed by atoms with Crippen molar-refractivity contribution in [2.24, 2.45) is 0 Å². The molecule has 2 rings (SSSR count). The smallest absolute Gasteiger partial charge is 0.344 e. The molecule has 1 amide bonds. The van der Waals surface area contributed by atoms with Crippen molar-refractivity contribution in [1.29, 1.82) is 0 Å². The van der Waals surface area contributed by atoms with Crippen molar-refractivity contribution in [2.75, 3.05) is 25.2 Å². The maximum atomic E-state index is 12.0. The van der Waals surface area contributed by atoms with E-state index in [1.165, 1.54) is 11.0 Å². The number of likely N-dealkylation sites (N-methyl/N-ethyl adjacent to an activating group) is 1. The summed E-state index contributed by atoms with van der Waals surface area (Å²) in [4.78, 5) is 25.1. The number of amides is 1. The van der Waals surface area contributed by atoms with E-state index in [-0.39, 0.29) is 24.1 Å². The fourth-order valence-corrected chi connectivity index (χ4v) is 2.27. The monoisotopic (exact) mass is 367 g/mol. The lowest BCUT2D eigenvalue weighted by atomic mass is 10.3. The highest BCUT2D eigenvalue weighted by Gasteiger charge is 2.14. The second kappa shape index (κ2) is 8.57. The third-order valence-electron chi connectivity index (χ3n) is 3.11. The average Bonchev–Trinajstić information content (AvgIpc) is 2.59. The summed E-state index contributed by atoms with van der Waals surface area (Å²) >= 11 is 11.7. The maximum Gasteiger partial charge on any atom is 0.344 e. The number of anilines is 1. The van der Waals surface area contributed by atoms with Gasteiger partial charge in [0.2, 0.25) is 0 Å². The topological polar surface area (TPSA) is 55.8 Å². The molecule has 7 heteroatoms. The van der Waals surface area contributed by atoms with Crippen LogP contribution in [0.1, 0.15) is 0 Å². The van der Waals surface area contributed by atoms with Gasteiger partial charge in [0, 0.05) is 17.8 Å². The predicted molar refractivity (Wildman–Crippen MR) is 92.8 cm³/mol. The molecule has 0 N–H and O–H groups in total. The Balaban J connectivity index is 1.79. The standard InChI is InChI=1S/C17H15Cl2NO4/c1-20(13-5-3-2-4-6-13)16(21)10-24-17(22)11-23-15-8-7-12(18)9-14(15)19/h2-9H,10-11H2,1H3. The summed E-state index contributed by atoms with van der Waals surface area (Å²) < 4.78 is 10.1. The van der Waals surface area contributed by atoms with Gasteiger partial charge in [0.25, 0.3) is 5.91 Å². The molecule has 0 fully saturated rings. The zero-order chi connectivity index (χ0) is 17.5. The summed E-state index contributed by atoms with van der Waals surface area (Å²) in [5, 5.41) is 0.750. The molecule has 0 heterocycles. The summed E-state index contributed by atoms with van der Waals surface area (Å²) in [6.45, 7) is -0.731. The number of ether oxygens (including phenoxy) is 2. The van der Waals surface area contributed by atoms with Gasteiger partial charge in [0.05, 0.1) is 5.02 Å². The molecular formula is C17H15Cl2NO4. The maximum absolute atomic E-state index is 12.0. The Morgan fingerprint density at radius 1 is 1.04 bits per heavy atom. The fourth-order valence-electron chi connectivity index (χ4n) is 1.81. The third kappa shape index (κ3) is 5.15. The highest BCUT2D eigenvalue weighted by Crippen LogP contribution is 2.27. The van der Waals surface area contributed by atoms with E-state index in [9.17, 15) is 9.59 Å². The van der Waals surface area contributed by atoms with Crippen molar-refractivity contribution < 1.29 is 19.1 Å². The molecule has 0 saturated carbocycles. The van der Waals surface area contributed by atoms with E-state index in [1.807, 2.05) is 18.2 Å². The number of halogens is 2. The van der Waals surface area contributed by atoms with Gasteiger partial charge in [-0.2, -0.15) is 0 Å². The van der Waals surface area contributed by atoms with Crippen LogP contribution in [0.5, 0.6) is 5.75 Å². The number of esters is 1. The molecule has 0 bridgehead atoms. The van der Waals surface area contributed by atoms with Crippen LogP contribution < -0.4 is 9.64 Å². The van der Waals surface area contributed by atoms with Crippen molar-refractivity contribution in [3.8, 4) is 5.75 Å². The van der Waals surface area contributed by atoms with E-state index < -0.39 is 5.97 Å². The predicted octanol–water partition coefficient (Wildman–Crippen LogP) is 3.58. The number of benzene rings is 2. The van der Waals surface area contributed by atoms with Gasteiger partial charge in [-0.1, -0.05) is 41.4 Å². The second-order valence-corrected chi connectivity index (χ2v) is 5.66. The number of hydrogen-bond donors (Lipinski definition) is 0. The van der Waals surface area contributed by atoms with Crippen LogP contribution in [0, 0.1) is 0 Å². The van der Waals surface area contributed by atoms with Crippen molar-refractivity contribution in [2.45, 2.75) is 0 Å². The lowest BCUT2D eigenvalue weighted by Crippen LogP contribution is -2.31. The molecule has 126 valence electrons. The van der Waals surface area contributed by atoms with Crippen LogP contribution in [0.15, 0.2) is 48.5 Å². The number of carbonyl (C=O) groups excluding carboxylic acids is 2. The minimum absolute atomic E-state index is 0.287. The Bertz CT molecular complexity index is 722. The first-order valence-corrected chi connectivity index (χ1v) is 7.78. The van der Waals surface area contributed by atoms with Crippen LogP contribution in [-0.2, 0) is 14.3 Å². The van der Waals surface area contributed by atoms with Crippen molar-refractivity contribution >= 4 is 40.8 Å². The van der Waals surface area contributed by atoms with Gasteiger partial charge in [0.15, 0.2) is 13.2 Å². The SMILES string of the molecule is CN(C(=O)COC(=O)COc1ccc(Cl)cc1Cl)c1ccccc1. The van der Waals surface area contributed by atoms with Gasteiger partial charge in [-0.3, -0.25) is 4.79 Å². The minimum Gasteiger partial charge on any atom is -0.480 e. The molecule has 0 spiro atoms. The first-order valence-electron chi connectivity index (χ1n) is 7.02. The van der Waals surface area contributed by atoms with Crippen molar-refractivity contribution in [1.82, 2.24) is 0 Å².